The zero-order valence-electron chi connectivity index (χ0n) is 10.1. The summed E-state index contributed by atoms with van der Waals surface area (Å²) < 4.78 is 5.53. The van der Waals surface area contributed by atoms with Crippen LogP contribution in [0.25, 0.3) is 0 Å². The molecule has 0 amide bonds. The average molecular weight is 220 g/mol. The van der Waals surface area contributed by atoms with Gasteiger partial charge in [-0.1, -0.05) is 6.07 Å². The summed E-state index contributed by atoms with van der Waals surface area (Å²) in [4.78, 5) is 4.28. The van der Waals surface area contributed by atoms with E-state index in [1.165, 1.54) is 12.0 Å². The lowest BCUT2D eigenvalue weighted by Gasteiger charge is -2.14. The Morgan fingerprint density at radius 2 is 2.38 bits per heavy atom. The van der Waals surface area contributed by atoms with Crippen LogP contribution in [0, 0.1) is 12.8 Å². The fourth-order valence-electron chi connectivity index (χ4n) is 2.05. The smallest absolute Gasteiger partial charge is 0.0588 e. The zero-order valence-corrected chi connectivity index (χ0v) is 10.1. The summed E-state index contributed by atoms with van der Waals surface area (Å²) in [5.74, 6) is 0.665. The fourth-order valence-corrected chi connectivity index (χ4v) is 2.05. The number of ether oxygens (including phenoxy) is 1. The summed E-state index contributed by atoms with van der Waals surface area (Å²) in [6.07, 6.45) is 3.53. The predicted octanol–water partition coefficient (Wildman–Crippen LogP) is 1.90. The molecule has 1 fully saturated rings. The SMILES string of the molecule is Cc1ccc(CNCC2CCOC2C)cn1. The van der Waals surface area contributed by atoms with E-state index in [2.05, 4.69) is 29.4 Å². The van der Waals surface area contributed by atoms with Crippen LogP contribution in [-0.4, -0.2) is 24.2 Å². The number of rotatable bonds is 4. The van der Waals surface area contributed by atoms with Gasteiger partial charge in [-0.2, -0.15) is 0 Å². The largest absolute Gasteiger partial charge is 0.378 e. The average Bonchev–Trinajstić information content (AvgIpc) is 2.68. The van der Waals surface area contributed by atoms with Crippen molar-refractivity contribution in [2.75, 3.05) is 13.2 Å². The minimum atomic E-state index is 0.406. The molecular weight excluding hydrogens is 200 g/mol. The molecule has 0 spiro atoms. The minimum Gasteiger partial charge on any atom is -0.378 e. The van der Waals surface area contributed by atoms with Crippen molar-refractivity contribution in [3.8, 4) is 0 Å². The van der Waals surface area contributed by atoms with Gasteiger partial charge in [0, 0.05) is 31.6 Å². The third-order valence-corrected chi connectivity index (χ3v) is 3.24. The Kier molecular flexibility index (Phi) is 3.91. The van der Waals surface area contributed by atoms with E-state index < -0.39 is 0 Å². The van der Waals surface area contributed by atoms with Crippen molar-refractivity contribution in [3.05, 3.63) is 29.6 Å². The van der Waals surface area contributed by atoms with Gasteiger partial charge in [0.1, 0.15) is 0 Å². The normalized spacial score (nSPS) is 24.9. The van der Waals surface area contributed by atoms with Crippen LogP contribution in [0.5, 0.6) is 0 Å². The quantitative estimate of drug-likeness (QED) is 0.841. The van der Waals surface area contributed by atoms with E-state index in [1.54, 1.807) is 0 Å². The first-order valence-electron chi connectivity index (χ1n) is 5.99. The first-order chi connectivity index (χ1) is 7.75. The van der Waals surface area contributed by atoms with E-state index in [1.807, 2.05) is 13.1 Å². The van der Waals surface area contributed by atoms with Crippen molar-refractivity contribution in [2.24, 2.45) is 5.92 Å². The molecular formula is C13H20N2O. The van der Waals surface area contributed by atoms with E-state index in [0.29, 0.717) is 12.0 Å². The van der Waals surface area contributed by atoms with Crippen LogP contribution in [0.15, 0.2) is 18.3 Å². The van der Waals surface area contributed by atoms with Gasteiger partial charge in [-0.15, -0.1) is 0 Å². The Labute approximate surface area is 97.2 Å². The van der Waals surface area contributed by atoms with Gasteiger partial charge in [0.15, 0.2) is 0 Å². The third-order valence-electron chi connectivity index (χ3n) is 3.24. The van der Waals surface area contributed by atoms with E-state index in [0.717, 1.165) is 25.4 Å². The standard InChI is InChI=1S/C13H20N2O/c1-10-3-4-12(8-15-10)7-14-9-13-5-6-16-11(13)2/h3-4,8,11,13-14H,5-7,9H2,1-2H3. The molecule has 1 aromatic heterocycles. The topological polar surface area (TPSA) is 34.1 Å². The van der Waals surface area contributed by atoms with Crippen LogP contribution in [-0.2, 0) is 11.3 Å². The Morgan fingerprint density at radius 3 is 3.00 bits per heavy atom. The minimum absolute atomic E-state index is 0.406. The lowest BCUT2D eigenvalue weighted by molar-refractivity contribution is 0.105. The van der Waals surface area contributed by atoms with Crippen molar-refractivity contribution in [2.45, 2.75) is 32.9 Å². The fraction of sp³-hybridized carbons (Fsp3) is 0.615. The van der Waals surface area contributed by atoms with E-state index >= 15 is 0 Å². The van der Waals surface area contributed by atoms with Crippen molar-refractivity contribution >= 4 is 0 Å². The Hall–Kier alpha value is -0.930. The van der Waals surface area contributed by atoms with E-state index in [4.69, 9.17) is 4.74 Å². The van der Waals surface area contributed by atoms with Gasteiger partial charge in [-0.3, -0.25) is 4.98 Å². The zero-order chi connectivity index (χ0) is 11.4. The number of hydrogen-bond acceptors (Lipinski definition) is 3. The van der Waals surface area contributed by atoms with E-state index in [-0.39, 0.29) is 0 Å². The highest BCUT2D eigenvalue weighted by Crippen LogP contribution is 2.19. The monoisotopic (exact) mass is 220 g/mol. The van der Waals surface area contributed by atoms with Crippen LogP contribution < -0.4 is 5.32 Å². The summed E-state index contributed by atoms with van der Waals surface area (Å²) in [7, 11) is 0. The molecule has 0 radical (unpaired) electrons. The molecule has 3 heteroatoms. The Morgan fingerprint density at radius 1 is 1.50 bits per heavy atom. The molecule has 1 aromatic rings. The second-order valence-corrected chi connectivity index (χ2v) is 4.56. The van der Waals surface area contributed by atoms with Crippen molar-refractivity contribution in [1.82, 2.24) is 10.3 Å². The molecule has 0 saturated carbocycles. The number of aryl methyl sites for hydroxylation is 1. The number of pyridine rings is 1. The van der Waals surface area contributed by atoms with Crippen molar-refractivity contribution in [1.29, 1.82) is 0 Å². The maximum absolute atomic E-state index is 5.53. The summed E-state index contributed by atoms with van der Waals surface area (Å²) >= 11 is 0. The molecule has 2 atom stereocenters. The van der Waals surface area contributed by atoms with Crippen LogP contribution in [0.3, 0.4) is 0 Å². The van der Waals surface area contributed by atoms with Crippen LogP contribution in [0.1, 0.15) is 24.6 Å². The Balaban J connectivity index is 1.73. The van der Waals surface area contributed by atoms with E-state index in [9.17, 15) is 0 Å². The first kappa shape index (κ1) is 11.6. The maximum atomic E-state index is 5.53. The van der Waals surface area contributed by atoms with Crippen molar-refractivity contribution in [3.63, 3.8) is 0 Å². The number of hydrogen-bond donors (Lipinski definition) is 1. The molecule has 88 valence electrons. The first-order valence-corrected chi connectivity index (χ1v) is 5.99. The molecule has 1 saturated heterocycles. The second-order valence-electron chi connectivity index (χ2n) is 4.56. The second kappa shape index (κ2) is 5.41. The summed E-state index contributed by atoms with van der Waals surface area (Å²) in [5.41, 5.74) is 2.32. The predicted molar refractivity (Wildman–Crippen MR) is 64.2 cm³/mol. The molecule has 1 aliphatic heterocycles. The van der Waals surface area contributed by atoms with Crippen LogP contribution in [0.4, 0.5) is 0 Å². The van der Waals surface area contributed by atoms with Gasteiger partial charge in [0.05, 0.1) is 6.10 Å². The van der Waals surface area contributed by atoms with Gasteiger partial charge in [-0.05, 0) is 37.8 Å². The Bertz CT molecular complexity index is 323. The molecule has 3 nitrogen and oxygen atoms in total. The molecule has 2 rings (SSSR count). The molecule has 2 heterocycles. The summed E-state index contributed by atoms with van der Waals surface area (Å²) in [6, 6.07) is 4.18. The van der Waals surface area contributed by atoms with Crippen molar-refractivity contribution < 1.29 is 4.74 Å². The van der Waals surface area contributed by atoms with Gasteiger partial charge >= 0.3 is 0 Å². The van der Waals surface area contributed by atoms with Gasteiger partial charge < -0.3 is 10.1 Å². The van der Waals surface area contributed by atoms with Gasteiger partial charge in [0.2, 0.25) is 0 Å². The number of aromatic nitrogens is 1. The molecule has 0 aromatic carbocycles. The van der Waals surface area contributed by atoms with Gasteiger partial charge in [-0.25, -0.2) is 0 Å². The molecule has 16 heavy (non-hydrogen) atoms. The molecule has 2 unspecified atom stereocenters. The lowest BCUT2D eigenvalue weighted by atomic mass is 10.0. The highest BCUT2D eigenvalue weighted by molar-refractivity contribution is 5.12. The van der Waals surface area contributed by atoms with Gasteiger partial charge in [0.25, 0.3) is 0 Å². The maximum Gasteiger partial charge on any atom is 0.0588 e. The third kappa shape index (κ3) is 3.03. The lowest BCUT2D eigenvalue weighted by Crippen LogP contribution is -2.26. The molecule has 0 aliphatic carbocycles. The summed E-state index contributed by atoms with van der Waals surface area (Å²) in [6.45, 7) is 7.02. The highest BCUT2D eigenvalue weighted by Gasteiger charge is 2.23. The van der Waals surface area contributed by atoms with Crippen LogP contribution in [0.2, 0.25) is 0 Å². The van der Waals surface area contributed by atoms with Crippen LogP contribution >= 0.6 is 0 Å². The molecule has 1 aliphatic rings. The molecule has 0 bridgehead atoms. The number of nitrogens with one attached hydrogen (secondary N) is 1. The molecule has 1 N–H and O–H groups in total. The summed E-state index contributed by atoms with van der Waals surface area (Å²) in [5, 5.41) is 3.47. The highest BCUT2D eigenvalue weighted by atomic mass is 16.5. The number of nitrogens with zero attached hydrogens (tertiary/aromatic N) is 1.